The van der Waals surface area contributed by atoms with Crippen LogP contribution in [0.2, 0.25) is 0 Å². The second-order valence-electron chi connectivity index (χ2n) is 5.35. The lowest BCUT2D eigenvalue weighted by atomic mass is 10.1. The molecule has 1 aromatic heterocycles. The number of carbonyl (C=O) groups is 1. The van der Waals surface area contributed by atoms with Gasteiger partial charge in [0.05, 0.1) is 12.5 Å². The van der Waals surface area contributed by atoms with Crippen molar-refractivity contribution in [3.05, 3.63) is 24.0 Å². The first-order chi connectivity index (χ1) is 9.45. The van der Waals surface area contributed by atoms with Gasteiger partial charge in [-0.1, -0.05) is 13.8 Å². The second kappa shape index (κ2) is 7.49. The molecule has 0 aromatic carbocycles. The van der Waals surface area contributed by atoms with Crippen LogP contribution in [-0.4, -0.2) is 43.0 Å². The maximum Gasteiger partial charge on any atom is 0.272 e. The van der Waals surface area contributed by atoms with Gasteiger partial charge in [-0.25, -0.2) is 0 Å². The molecule has 0 radical (unpaired) electrons. The monoisotopic (exact) mass is 274 g/mol. The first kappa shape index (κ1) is 16.0. The number of anilines is 1. The van der Waals surface area contributed by atoms with Crippen molar-refractivity contribution in [2.24, 2.45) is 5.92 Å². The van der Waals surface area contributed by atoms with Gasteiger partial charge >= 0.3 is 0 Å². The molecule has 5 nitrogen and oxygen atoms in total. The highest BCUT2D eigenvalue weighted by molar-refractivity contribution is 5.92. The molecule has 1 heterocycles. The van der Waals surface area contributed by atoms with Crippen LogP contribution in [0.3, 0.4) is 0 Å². The smallest absolute Gasteiger partial charge is 0.272 e. The zero-order chi connectivity index (χ0) is 15.1. The van der Waals surface area contributed by atoms with Gasteiger partial charge in [0, 0.05) is 39.1 Å². The maximum absolute atomic E-state index is 11.9. The van der Waals surface area contributed by atoms with Gasteiger partial charge in [0.1, 0.15) is 5.69 Å². The number of amides is 1. The number of rotatable bonds is 6. The number of nitriles is 1. The Morgan fingerprint density at radius 1 is 1.45 bits per heavy atom. The molecule has 0 spiro atoms. The van der Waals surface area contributed by atoms with Gasteiger partial charge in [-0.15, -0.1) is 0 Å². The number of hydrogen-bond donors (Lipinski definition) is 0. The normalized spacial score (nSPS) is 10.2. The highest BCUT2D eigenvalue weighted by atomic mass is 16.2. The summed E-state index contributed by atoms with van der Waals surface area (Å²) in [5.74, 6) is 0.367. The Bertz CT molecular complexity index is 491. The molecule has 0 bridgehead atoms. The van der Waals surface area contributed by atoms with Gasteiger partial charge in [-0.05, 0) is 18.1 Å². The summed E-state index contributed by atoms with van der Waals surface area (Å²) in [4.78, 5) is 19.7. The summed E-state index contributed by atoms with van der Waals surface area (Å²) in [7, 11) is 3.41. The fourth-order valence-electron chi connectivity index (χ4n) is 1.91. The summed E-state index contributed by atoms with van der Waals surface area (Å²) in [6.07, 6.45) is 2.11. The van der Waals surface area contributed by atoms with Gasteiger partial charge in [-0.3, -0.25) is 9.78 Å². The molecule has 0 aliphatic carbocycles. The molecule has 5 heteroatoms. The van der Waals surface area contributed by atoms with E-state index in [0.717, 1.165) is 12.2 Å². The molecule has 0 N–H and O–H groups in total. The summed E-state index contributed by atoms with van der Waals surface area (Å²) in [6.45, 7) is 5.77. The molecule has 1 rings (SSSR count). The minimum atomic E-state index is -0.114. The van der Waals surface area contributed by atoms with E-state index in [0.29, 0.717) is 24.6 Å². The van der Waals surface area contributed by atoms with Crippen LogP contribution in [0.4, 0.5) is 5.69 Å². The maximum atomic E-state index is 11.9. The zero-order valence-electron chi connectivity index (χ0n) is 12.6. The summed E-state index contributed by atoms with van der Waals surface area (Å²) in [5.41, 5.74) is 1.37. The molecule has 0 saturated heterocycles. The Balaban J connectivity index is 2.98. The van der Waals surface area contributed by atoms with Crippen LogP contribution in [0.1, 0.15) is 30.8 Å². The fraction of sp³-hybridized carbons (Fsp3) is 0.533. The molecular formula is C15H22N4O. The van der Waals surface area contributed by atoms with E-state index in [4.69, 9.17) is 5.26 Å². The Morgan fingerprint density at radius 2 is 2.15 bits per heavy atom. The van der Waals surface area contributed by atoms with Crippen molar-refractivity contribution in [2.75, 3.05) is 32.1 Å². The van der Waals surface area contributed by atoms with Crippen LogP contribution in [0.25, 0.3) is 0 Å². The molecule has 108 valence electrons. The predicted octanol–water partition coefficient (Wildman–Crippen LogP) is 2.16. The van der Waals surface area contributed by atoms with E-state index < -0.39 is 0 Å². The number of aromatic nitrogens is 1. The SMILES string of the molecule is CC(C)CN(CCC#N)c1ccnc(C(=O)N(C)C)c1. The van der Waals surface area contributed by atoms with E-state index in [2.05, 4.69) is 29.8 Å². The minimum absolute atomic E-state index is 0.114. The van der Waals surface area contributed by atoms with Gasteiger partial charge in [0.15, 0.2) is 0 Å². The number of hydrogen-bond acceptors (Lipinski definition) is 4. The van der Waals surface area contributed by atoms with Crippen molar-refractivity contribution in [3.8, 4) is 6.07 Å². The Kier molecular flexibility index (Phi) is 5.98. The highest BCUT2D eigenvalue weighted by Gasteiger charge is 2.13. The highest BCUT2D eigenvalue weighted by Crippen LogP contribution is 2.17. The van der Waals surface area contributed by atoms with E-state index in [1.807, 2.05) is 6.07 Å². The van der Waals surface area contributed by atoms with E-state index in [1.165, 1.54) is 4.90 Å². The standard InChI is InChI=1S/C15H22N4O/c1-12(2)11-19(9-5-7-16)13-6-8-17-14(10-13)15(20)18(3)4/h6,8,10,12H,5,9,11H2,1-4H3. The van der Waals surface area contributed by atoms with Crippen molar-refractivity contribution in [1.29, 1.82) is 5.26 Å². The molecule has 0 atom stereocenters. The summed E-state index contributed by atoms with van der Waals surface area (Å²) < 4.78 is 0. The molecule has 1 amide bonds. The number of carbonyl (C=O) groups excluding carboxylic acids is 1. The molecule has 0 aliphatic heterocycles. The van der Waals surface area contributed by atoms with Crippen molar-refractivity contribution in [3.63, 3.8) is 0 Å². The van der Waals surface area contributed by atoms with Crippen LogP contribution in [-0.2, 0) is 0 Å². The third-order valence-corrected chi connectivity index (χ3v) is 2.81. The third kappa shape index (κ3) is 4.54. The lowest BCUT2D eigenvalue weighted by Gasteiger charge is -2.26. The topological polar surface area (TPSA) is 60.2 Å². The lowest BCUT2D eigenvalue weighted by Crippen LogP contribution is -2.29. The quantitative estimate of drug-likeness (QED) is 0.797. The Morgan fingerprint density at radius 3 is 2.70 bits per heavy atom. The fourth-order valence-corrected chi connectivity index (χ4v) is 1.91. The average molecular weight is 274 g/mol. The summed E-state index contributed by atoms with van der Waals surface area (Å²) in [6, 6.07) is 5.84. The first-order valence-electron chi connectivity index (χ1n) is 6.75. The molecule has 1 aromatic rings. The van der Waals surface area contributed by atoms with E-state index >= 15 is 0 Å². The Labute approximate surface area is 120 Å². The second-order valence-corrected chi connectivity index (χ2v) is 5.35. The van der Waals surface area contributed by atoms with Crippen molar-refractivity contribution >= 4 is 11.6 Å². The predicted molar refractivity (Wildman–Crippen MR) is 79.5 cm³/mol. The summed E-state index contributed by atoms with van der Waals surface area (Å²) >= 11 is 0. The molecule has 20 heavy (non-hydrogen) atoms. The van der Waals surface area contributed by atoms with E-state index in [1.54, 1.807) is 26.4 Å². The third-order valence-electron chi connectivity index (χ3n) is 2.81. The van der Waals surface area contributed by atoms with Gasteiger partial charge in [0.25, 0.3) is 5.91 Å². The molecule has 0 unspecified atom stereocenters. The minimum Gasteiger partial charge on any atom is -0.370 e. The number of pyridine rings is 1. The zero-order valence-corrected chi connectivity index (χ0v) is 12.6. The van der Waals surface area contributed by atoms with Gasteiger partial charge in [-0.2, -0.15) is 5.26 Å². The average Bonchev–Trinajstić information content (AvgIpc) is 2.42. The van der Waals surface area contributed by atoms with Crippen molar-refractivity contribution in [2.45, 2.75) is 20.3 Å². The summed E-state index contributed by atoms with van der Waals surface area (Å²) in [5, 5.41) is 8.76. The van der Waals surface area contributed by atoms with Crippen LogP contribution < -0.4 is 4.90 Å². The van der Waals surface area contributed by atoms with Crippen LogP contribution >= 0.6 is 0 Å². The molecule has 0 saturated carbocycles. The van der Waals surface area contributed by atoms with E-state index in [-0.39, 0.29) is 5.91 Å². The van der Waals surface area contributed by atoms with Gasteiger partial charge < -0.3 is 9.80 Å². The Hall–Kier alpha value is -2.09. The molecule has 0 fully saturated rings. The molecule has 0 aliphatic rings. The van der Waals surface area contributed by atoms with Crippen molar-refractivity contribution in [1.82, 2.24) is 9.88 Å². The number of nitrogens with zero attached hydrogens (tertiary/aromatic N) is 4. The van der Waals surface area contributed by atoms with Crippen molar-refractivity contribution < 1.29 is 4.79 Å². The molecular weight excluding hydrogens is 252 g/mol. The van der Waals surface area contributed by atoms with Crippen LogP contribution in [0, 0.1) is 17.2 Å². The first-order valence-corrected chi connectivity index (χ1v) is 6.75. The van der Waals surface area contributed by atoms with Gasteiger partial charge in [0.2, 0.25) is 0 Å². The van der Waals surface area contributed by atoms with Crippen LogP contribution in [0.5, 0.6) is 0 Å². The van der Waals surface area contributed by atoms with Crippen LogP contribution in [0.15, 0.2) is 18.3 Å². The largest absolute Gasteiger partial charge is 0.370 e. The lowest BCUT2D eigenvalue weighted by molar-refractivity contribution is 0.0822. The van der Waals surface area contributed by atoms with E-state index in [9.17, 15) is 4.79 Å².